The molecule has 0 N–H and O–H groups in total. The lowest BCUT2D eigenvalue weighted by atomic mass is 10.2. The van der Waals surface area contributed by atoms with E-state index in [1.165, 1.54) is 12.8 Å². The second-order valence-electron chi connectivity index (χ2n) is 3.87. The number of hydrogen-bond acceptors (Lipinski definition) is 3. The van der Waals surface area contributed by atoms with Crippen molar-refractivity contribution >= 4 is 17.5 Å². The monoisotopic (exact) mass is 227 g/mol. The molecule has 0 spiro atoms. The minimum Gasteiger partial charge on any atom is -0.372 e. The number of alkyl halides is 1. The van der Waals surface area contributed by atoms with Crippen LogP contribution < -0.4 is 0 Å². The van der Waals surface area contributed by atoms with Gasteiger partial charge in [0.15, 0.2) is 5.38 Å². The third kappa shape index (κ3) is 2.37. The normalized spacial score (nSPS) is 27.5. The Morgan fingerprint density at radius 2 is 1.93 bits per heavy atom. The van der Waals surface area contributed by atoms with E-state index in [9.17, 15) is 4.79 Å². The molecular weight excluding hydrogens is 214 g/mol. The van der Waals surface area contributed by atoms with E-state index < -0.39 is 5.38 Å². The highest BCUT2D eigenvalue weighted by Gasteiger charge is 2.27. The molecule has 0 saturated carbocycles. The second kappa shape index (κ2) is 4.75. The van der Waals surface area contributed by atoms with E-state index in [-0.39, 0.29) is 5.91 Å². The van der Waals surface area contributed by atoms with Crippen LogP contribution in [0.2, 0.25) is 0 Å². The number of nitrogens with zero attached hydrogens (tertiary/aromatic N) is 3. The van der Waals surface area contributed by atoms with Crippen molar-refractivity contribution in [3.8, 4) is 0 Å². The first-order chi connectivity index (χ1) is 7.29. The predicted octanol–water partition coefficient (Wildman–Crippen LogP) is 2.30. The number of likely N-dealkylation sites (tertiary alicyclic amines) is 1. The van der Waals surface area contributed by atoms with Crippen LogP contribution in [0.1, 0.15) is 25.7 Å². The number of hydrogen-bond donors (Lipinski definition) is 0. The topological polar surface area (TPSA) is 45.0 Å². The van der Waals surface area contributed by atoms with Gasteiger partial charge in [-0.2, -0.15) is 5.11 Å². The molecule has 82 valence electrons. The summed E-state index contributed by atoms with van der Waals surface area (Å²) in [7, 11) is 0. The molecule has 1 atom stereocenters. The number of azo groups is 1. The Hall–Kier alpha value is -0.900. The van der Waals surface area contributed by atoms with E-state index in [2.05, 4.69) is 15.1 Å². The minimum absolute atomic E-state index is 0.349. The highest BCUT2D eigenvalue weighted by molar-refractivity contribution is 6.33. The smallest absolute Gasteiger partial charge is 0.288 e. The Balaban J connectivity index is 2.11. The Kier molecular flexibility index (Phi) is 3.36. The van der Waals surface area contributed by atoms with E-state index in [1.54, 1.807) is 6.20 Å². The highest BCUT2D eigenvalue weighted by atomic mass is 35.5. The number of carbonyl (C=O) groups excluding carboxylic acids is 1. The summed E-state index contributed by atoms with van der Waals surface area (Å²) in [5.41, 5.74) is 0.818. The Bertz CT molecular complexity index is 306. The number of amides is 1. The maximum Gasteiger partial charge on any atom is 0.288 e. The number of carbonyl (C=O) groups is 1. The molecule has 0 radical (unpaired) electrons. The van der Waals surface area contributed by atoms with E-state index in [1.807, 2.05) is 0 Å². The summed E-state index contributed by atoms with van der Waals surface area (Å²) in [6, 6.07) is 0. The van der Waals surface area contributed by atoms with Crippen LogP contribution >= 0.6 is 11.6 Å². The lowest BCUT2D eigenvalue weighted by molar-refractivity contribution is -0.117. The fourth-order valence-electron chi connectivity index (χ4n) is 1.96. The predicted molar refractivity (Wildman–Crippen MR) is 57.6 cm³/mol. The van der Waals surface area contributed by atoms with Gasteiger partial charge < -0.3 is 4.90 Å². The first-order valence-electron chi connectivity index (χ1n) is 5.33. The Morgan fingerprint density at radius 1 is 1.27 bits per heavy atom. The van der Waals surface area contributed by atoms with Gasteiger partial charge in [-0.3, -0.25) is 4.79 Å². The van der Waals surface area contributed by atoms with Crippen LogP contribution in [-0.4, -0.2) is 29.3 Å². The SMILES string of the molecule is O=C1N=NC=C(N2CCCCCC2)C1Cl. The van der Waals surface area contributed by atoms with Crippen LogP contribution in [0.5, 0.6) is 0 Å². The Labute approximate surface area is 94.0 Å². The summed E-state index contributed by atoms with van der Waals surface area (Å²) in [6.45, 7) is 1.94. The second-order valence-corrected chi connectivity index (χ2v) is 4.31. The van der Waals surface area contributed by atoms with Crippen LogP contribution in [0, 0.1) is 0 Å². The van der Waals surface area contributed by atoms with Crippen molar-refractivity contribution < 1.29 is 4.79 Å². The van der Waals surface area contributed by atoms with Crippen LogP contribution in [0.25, 0.3) is 0 Å². The minimum atomic E-state index is -0.638. The standard InChI is InChI=1S/C10H14ClN3O/c11-9-8(7-12-13-10(9)15)14-5-3-1-2-4-6-14/h7,9H,1-6H2. The maximum atomic E-state index is 11.3. The molecule has 0 aliphatic carbocycles. The van der Waals surface area contributed by atoms with Crippen LogP contribution in [0.4, 0.5) is 0 Å². The maximum absolute atomic E-state index is 11.3. The van der Waals surface area contributed by atoms with E-state index in [4.69, 9.17) is 11.6 Å². The van der Waals surface area contributed by atoms with Crippen molar-refractivity contribution in [2.45, 2.75) is 31.1 Å². The molecule has 15 heavy (non-hydrogen) atoms. The van der Waals surface area contributed by atoms with Crippen LogP contribution in [0.3, 0.4) is 0 Å². The van der Waals surface area contributed by atoms with Crippen molar-refractivity contribution in [2.24, 2.45) is 10.2 Å². The van der Waals surface area contributed by atoms with E-state index in [0.717, 1.165) is 31.6 Å². The molecule has 1 saturated heterocycles. The molecule has 2 heterocycles. The van der Waals surface area contributed by atoms with Gasteiger partial charge in [0.25, 0.3) is 5.91 Å². The third-order valence-electron chi connectivity index (χ3n) is 2.79. The van der Waals surface area contributed by atoms with Crippen LogP contribution in [-0.2, 0) is 4.79 Å². The first-order valence-corrected chi connectivity index (χ1v) is 5.76. The van der Waals surface area contributed by atoms with Crippen molar-refractivity contribution in [3.63, 3.8) is 0 Å². The molecule has 2 aliphatic heterocycles. The van der Waals surface area contributed by atoms with Gasteiger partial charge in [0, 0.05) is 13.1 Å². The molecule has 1 amide bonds. The summed E-state index contributed by atoms with van der Waals surface area (Å²) in [6.07, 6.45) is 6.45. The quantitative estimate of drug-likeness (QED) is 0.646. The Morgan fingerprint density at radius 3 is 2.60 bits per heavy atom. The average molecular weight is 228 g/mol. The molecule has 4 nitrogen and oxygen atoms in total. The molecule has 1 unspecified atom stereocenters. The summed E-state index contributed by atoms with van der Waals surface area (Å²) in [5.74, 6) is -0.349. The molecule has 2 rings (SSSR count). The summed E-state index contributed by atoms with van der Waals surface area (Å²) in [5, 5.41) is 6.48. The third-order valence-corrected chi connectivity index (χ3v) is 3.20. The van der Waals surface area contributed by atoms with Gasteiger partial charge in [-0.05, 0) is 12.8 Å². The lowest BCUT2D eigenvalue weighted by Crippen LogP contribution is -2.33. The van der Waals surface area contributed by atoms with Gasteiger partial charge >= 0.3 is 0 Å². The highest BCUT2D eigenvalue weighted by Crippen LogP contribution is 2.23. The van der Waals surface area contributed by atoms with Crippen molar-refractivity contribution in [1.82, 2.24) is 4.90 Å². The summed E-state index contributed by atoms with van der Waals surface area (Å²) >= 11 is 6.01. The fraction of sp³-hybridized carbons (Fsp3) is 0.700. The van der Waals surface area contributed by atoms with Gasteiger partial charge in [-0.15, -0.1) is 16.7 Å². The average Bonchev–Trinajstić information content (AvgIpc) is 2.50. The van der Waals surface area contributed by atoms with Crippen LogP contribution in [0.15, 0.2) is 22.1 Å². The molecular formula is C10H14ClN3O. The van der Waals surface area contributed by atoms with Gasteiger partial charge in [0.2, 0.25) is 0 Å². The molecule has 0 aromatic heterocycles. The summed E-state index contributed by atoms with van der Waals surface area (Å²) in [4.78, 5) is 13.4. The lowest BCUT2D eigenvalue weighted by Gasteiger charge is -2.27. The van der Waals surface area contributed by atoms with E-state index in [0.29, 0.717) is 0 Å². The zero-order chi connectivity index (χ0) is 10.7. The number of rotatable bonds is 1. The first kappa shape index (κ1) is 10.6. The molecule has 1 fully saturated rings. The molecule has 0 aromatic rings. The van der Waals surface area contributed by atoms with Crippen molar-refractivity contribution in [2.75, 3.05) is 13.1 Å². The van der Waals surface area contributed by atoms with Gasteiger partial charge in [-0.25, -0.2) is 0 Å². The van der Waals surface area contributed by atoms with Crippen molar-refractivity contribution in [3.05, 3.63) is 11.9 Å². The summed E-state index contributed by atoms with van der Waals surface area (Å²) < 4.78 is 0. The molecule has 2 aliphatic rings. The number of halogens is 1. The van der Waals surface area contributed by atoms with E-state index >= 15 is 0 Å². The molecule has 0 bridgehead atoms. The van der Waals surface area contributed by atoms with Gasteiger partial charge in [0.05, 0.1) is 11.9 Å². The largest absolute Gasteiger partial charge is 0.372 e. The zero-order valence-electron chi connectivity index (χ0n) is 8.53. The zero-order valence-corrected chi connectivity index (χ0v) is 9.28. The molecule has 5 heteroatoms. The van der Waals surface area contributed by atoms with Gasteiger partial charge in [0.1, 0.15) is 0 Å². The molecule has 0 aromatic carbocycles. The fourth-order valence-corrected chi connectivity index (χ4v) is 2.20. The van der Waals surface area contributed by atoms with Crippen molar-refractivity contribution in [1.29, 1.82) is 0 Å². The van der Waals surface area contributed by atoms with Gasteiger partial charge in [-0.1, -0.05) is 12.8 Å².